The van der Waals surface area contributed by atoms with Gasteiger partial charge in [-0.1, -0.05) is 29.0 Å². The van der Waals surface area contributed by atoms with Crippen molar-refractivity contribution in [2.75, 3.05) is 0 Å². The van der Waals surface area contributed by atoms with Crippen molar-refractivity contribution in [2.24, 2.45) is 0 Å². The number of aromatic nitrogens is 3. The molecule has 4 aromatic rings. The lowest BCUT2D eigenvalue weighted by molar-refractivity contribution is 0.158. The van der Waals surface area contributed by atoms with E-state index in [9.17, 15) is 14.8 Å². The van der Waals surface area contributed by atoms with Crippen molar-refractivity contribution in [3.05, 3.63) is 73.9 Å². The zero-order valence-electron chi connectivity index (χ0n) is 12.8. The summed E-state index contributed by atoms with van der Waals surface area (Å²) in [5.74, 6) is 0. The van der Waals surface area contributed by atoms with Crippen LogP contribution in [-0.4, -0.2) is 19.5 Å². The molecule has 6 nitrogen and oxygen atoms in total. The lowest BCUT2D eigenvalue weighted by atomic mass is 10.2. The third kappa shape index (κ3) is 2.13. The number of benzene rings is 1. The molecular formula is C17H13N3O3S. The second-order valence-corrected chi connectivity index (χ2v) is 6.44. The fraction of sp³-hybridized carbons (Fsp3) is 0.118. The topological polar surface area (TPSA) is 77.1 Å². The van der Waals surface area contributed by atoms with Gasteiger partial charge in [-0.05, 0) is 30.0 Å². The van der Waals surface area contributed by atoms with Gasteiger partial charge in [-0.15, -0.1) is 11.3 Å². The fourth-order valence-corrected chi connectivity index (χ4v) is 3.82. The number of nitrogens with zero attached hydrogens (tertiary/aromatic N) is 3. The molecule has 0 aliphatic heterocycles. The van der Waals surface area contributed by atoms with Crippen molar-refractivity contribution in [3.8, 4) is 0 Å². The Kier molecular flexibility index (Phi) is 3.24. The summed E-state index contributed by atoms with van der Waals surface area (Å²) in [5, 5.41) is 13.0. The number of para-hydroxylation sites is 1. The molecule has 0 spiro atoms. The van der Waals surface area contributed by atoms with Gasteiger partial charge in [-0.3, -0.25) is 14.3 Å². The van der Waals surface area contributed by atoms with Crippen LogP contribution in [0.4, 0.5) is 0 Å². The van der Waals surface area contributed by atoms with Gasteiger partial charge in [0, 0.05) is 5.39 Å². The minimum atomic E-state index is -0.760. The number of fused-ring (bicyclic) bond motifs is 2. The Morgan fingerprint density at radius 1 is 1.17 bits per heavy atom. The normalized spacial score (nSPS) is 11.4. The summed E-state index contributed by atoms with van der Waals surface area (Å²) in [7, 11) is 0. The average molecular weight is 339 g/mol. The zero-order chi connectivity index (χ0) is 16.8. The summed E-state index contributed by atoms with van der Waals surface area (Å²) < 4.78 is 1.55. The van der Waals surface area contributed by atoms with Gasteiger partial charge in [0.2, 0.25) is 0 Å². The molecule has 1 N–H and O–H groups in total. The van der Waals surface area contributed by atoms with Crippen LogP contribution < -0.4 is 11.2 Å². The third-order valence-electron chi connectivity index (χ3n) is 4.00. The molecule has 0 atom stereocenters. The molecule has 0 amide bonds. The standard InChI is InChI=1S/C17H13N3O3S/c1-10-9-24-16-14(10)15(21)20(23)17(22)19(16)8-12-7-6-11-4-2-3-5-13(11)18-12/h2-7,9,23H,8H2,1H3. The third-order valence-corrected chi connectivity index (χ3v) is 5.11. The molecule has 0 aliphatic rings. The summed E-state index contributed by atoms with van der Waals surface area (Å²) in [5.41, 5.74) is 0.810. The second kappa shape index (κ2) is 5.31. The minimum Gasteiger partial charge on any atom is -0.421 e. The number of hydrogen-bond acceptors (Lipinski definition) is 5. The highest BCUT2D eigenvalue weighted by molar-refractivity contribution is 7.17. The van der Waals surface area contributed by atoms with Crippen molar-refractivity contribution in [3.63, 3.8) is 0 Å². The molecule has 7 heteroatoms. The highest BCUT2D eigenvalue weighted by atomic mass is 32.1. The van der Waals surface area contributed by atoms with E-state index in [-0.39, 0.29) is 11.3 Å². The van der Waals surface area contributed by atoms with Crippen LogP contribution in [0.2, 0.25) is 0 Å². The Labute approximate surface area is 139 Å². The van der Waals surface area contributed by atoms with Crippen molar-refractivity contribution < 1.29 is 5.21 Å². The van der Waals surface area contributed by atoms with Crippen molar-refractivity contribution in [1.82, 2.24) is 14.3 Å². The maximum atomic E-state index is 12.3. The first-order valence-corrected chi connectivity index (χ1v) is 8.22. The molecule has 120 valence electrons. The molecule has 0 radical (unpaired) electrons. The molecule has 0 saturated heterocycles. The predicted octanol–water partition coefficient (Wildman–Crippen LogP) is 2.37. The number of thiophene rings is 1. The molecule has 0 fully saturated rings. The Hall–Kier alpha value is -2.93. The Morgan fingerprint density at radius 3 is 2.79 bits per heavy atom. The maximum Gasteiger partial charge on any atom is 0.365 e. The molecule has 4 rings (SSSR count). The first kappa shape index (κ1) is 14.6. The first-order valence-electron chi connectivity index (χ1n) is 7.34. The van der Waals surface area contributed by atoms with Crippen LogP contribution in [0.5, 0.6) is 0 Å². The van der Waals surface area contributed by atoms with E-state index in [2.05, 4.69) is 4.98 Å². The van der Waals surface area contributed by atoms with Crippen LogP contribution in [0.3, 0.4) is 0 Å². The Morgan fingerprint density at radius 2 is 1.96 bits per heavy atom. The van der Waals surface area contributed by atoms with Crippen LogP contribution in [-0.2, 0) is 6.54 Å². The van der Waals surface area contributed by atoms with Crippen molar-refractivity contribution in [1.29, 1.82) is 0 Å². The highest BCUT2D eigenvalue weighted by Gasteiger charge is 2.16. The molecule has 0 aliphatic carbocycles. The van der Waals surface area contributed by atoms with E-state index in [1.165, 1.54) is 15.9 Å². The van der Waals surface area contributed by atoms with E-state index in [0.717, 1.165) is 16.5 Å². The number of hydrogen-bond donors (Lipinski definition) is 1. The summed E-state index contributed by atoms with van der Waals surface area (Å²) in [4.78, 5) is 29.5. The molecule has 1 aromatic carbocycles. The maximum absolute atomic E-state index is 12.3. The van der Waals surface area contributed by atoms with Gasteiger partial charge in [0.15, 0.2) is 0 Å². The highest BCUT2D eigenvalue weighted by Crippen LogP contribution is 2.22. The van der Waals surface area contributed by atoms with E-state index >= 15 is 0 Å². The number of rotatable bonds is 2. The van der Waals surface area contributed by atoms with Crippen molar-refractivity contribution >= 4 is 32.5 Å². The van der Waals surface area contributed by atoms with E-state index in [1.54, 1.807) is 12.3 Å². The monoisotopic (exact) mass is 339 g/mol. The van der Waals surface area contributed by atoms with Crippen LogP contribution in [0, 0.1) is 6.92 Å². The molecule has 0 saturated carbocycles. The van der Waals surface area contributed by atoms with E-state index in [0.29, 0.717) is 15.9 Å². The van der Waals surface area contributed by atoms with Gasteiger partial charge >= 0.3 is 5.69 Å². The summed E-state index contributed by atoms with van der Waals surface area (Å²) in [6.45, 7) is 1.96. The van der Waals surface area contributed by atoms with Crippen LogP contribution in [0.25, 0.3) is 21.1 Å². The SMILES string of the molecule is Cc1csc2c1c(=O)n(O)c(=O)n2Cc1ccc2ccccc2n1. The predicted molar refractivity (Wildman–Crippen MR) is 93.1 cm³/mol. The van der Waals surface area contributed by atoms with E-state index < -0.39 is 11.2 Å². The average Bonchev–Trinajstić information content (AvgIpc) is 2.98. The van der Waals surface area contributed by atoms with Crippen molar-refractivity contribution in [2.45, 2.75) is 13.5 Å². The molecular weight excluding hydrogens is 326 g/mol. The zero-order valence-corrected chi connectivity index (χ0v) is 13.6. The van der Waals surface area contributed by atoms with Crippen LogP contribution in [0.15, 0.2) is 51.4 Å². The van der Waals surface area contributed by atoms with Gasteiger partial charge in [0.05, 0.1) is 23.1 Å². The molecule has 0 bridgehead atoms. The molecule has 3 heterocycles. The van der Waals surface area contributed by atoms with Gasteiger partial charge in [-0.2, -0.15) is 0 Å². The molecule has 3 aromatic heterocycles. The van der Waals surface area contributed by atoms with E-state index in [4.69, 9.17) is 0 Å². The quantitative estimate of drug-likeness (QED) is 0.569. The fourth-order valence-electron chi connectivity index (χ4n) is 2.78. The van der Waals surface area contributed by atoms with Crippen LogP contribution in [0.1, 0.15) is 11.3 Å². The second-order valence-electron chi connectivity index (χ2n) is 5.58. The van der Waals surface area contributed by atoms with E-state index in [1.807, 2.05) is 36.4 Å². The van der Waals surface area contributed by atoms with Gasteiger partial charge in [-0.25, -0.2) is 4.79 Å². The minimum absolute atomic E-state index is 0.170. The number of pyridine rings is 1. The molecule has 24 heavy (non-hydrogen) atoms. The lowest BCUT2D eigenvalue weighted by Crippen LogP contribution is -2.38. The lowest BCUT2D eigenvalue weighted by Gasteiger charge is -2.09. The largest absolute Gasteiger partial charge is 0.421 e. The first-order chi connectivity index (χ1) is 11.6. The summed E-state index contributed by atoms with van der Waals surface area (Å²) in [6.07, 6.45) is 0. The summed E-state index contributed by atoms with van der Waals surface area (Å²) >= 11 is 1.31. The summed E-state index contributed by atoms with van der Waals surface area (Å²) in [6, 6.07) is 11.5. The van der Waals surface area contributed by atoms with Gasteiger partial charge in [0.1, 0.15) is 4.83 Å². The van der Waals surface area contributed by atoms with Gasteiger partial charge in [0.25, 0.3) is 5.56 Å². The smallest absolute Gasteiger partial charge is 0.365 e. The molecule has 0 unspecified atom stereocenters. The van der Waals surface area contributed by atoms with Crippen LogP contribution >= 0.6 is 11.3 Å². The Bertz CT molecular complexity index is 1200. The Balaban J connectivity index is 1.93. The number of aryl methyl sites for hydroxylation is 1. The van der Waals surface area contributed by atoms with Gasteiger partial charge < -0.3 is 5.21 Å².